The number of carbonyl (C=O) groups excluding carboxylic acids is 2. The van der Waals surface area contributed by atoms with Crippen molar-refractivity contribution in [2.24, 2.45) is 5.73 Å². The highest BCUT2D eigenvalue weighted by molar-refractivity contribution is 5.94. The molecule has 2 amide bonds. The van der Waals surface area contributed by atoms with Crippen LogP contribution in [-0.4, -0.2) is 58.7 Å². The average molecular weight is 453 g/mol. The van der Waals surface area contributed by atoms with Gasteiger partial charge in [-0.05, 0) is 25.1 Å². The molecule has 1 fully saturated rings. The standard InChI is InChI=1S/C20H22F3N5O4/c1-13(32-19(24)31)11-28-12-14(2-5-17(28)29)18(30)27-8-6-26(7-9-27)16-4-3-15(10-25-16)20(21,22)23/h2-5,10,12-13H,6-9,11H2,1H3,(H2,24,31). The van der Waals surface area contributed by atoms with Crippen LogP contribution in [0.25, 0.3) is 0 Å². The summed E-state index contributed by atoms with van der Waals surface area (Å²) in [6, 6.07) is 4.97. The molecule has 1 aliphatic heterocycles. The molecule has 9 nitrogen and oxygen atoms in total. The quantitative estimate of drug-likeness (QED) is 0.738. The number of pyridine rings is 2. The Morgan fingerprint density at radius 3 is 2.41 bits per heavy atom. The van der Waals surface area contributed by atoms with Gasteiger partial charge in [-0.3, -0.25) is 9.59 Å². The van der Waals surface area contributed by atoms with Gasteiger partial charge in [0.25, 0.3) is 11.5 Å². The number of nitrogens with two attached hydrogens (primary N) is 1. The smallest absolute Gasteiger partial charge is 0.417 e. The molecule has 2 aromatic heterocycles. The highest BCUT2D eigenvalue weighted by Gasteiger charge is 2.31. The van der Waals surface area contributed by atoms with E-state index in [1.807, 2.05) is 0 Å². The lowest BCUT2D eigenvalue weighted by Gasteiger charge is -2.35. The fourth-order valence-electron chi connectivity index (χ4n) is 3.38. The Morgan fingerprint density at radius 2 is 1.84 bits per heavy atom. The van der Waals surface area contributed by atoms with Crippen LogP contribution in [0, 0.1) is 0 Å². The maximum Gasteiger partial charge on any atom is 0.417 e. The zero-order chi connectivity index (χ0) is 23.5. The molecule has 1 atom stereocenters. The summed E-state index contributed by atoms with van der Waals surface area (Å²) < 4.78 is 44.2. The molecule has 0 saturated carbocycles. The lowest BCUT2D eigenvalue weighted by Crippen LogP contribution is -2.49. The van der Waals surface area contributed by atoms with E-state index in [0.717, 1.165) is 12.3 Å². The second-order valence-electron chi connectivity index (χ2n) is 7.34. The SMILES string of the molecule is CC(Cn1cc(C(=O)N2CCN(c3ccc(C(F)(F)F)cn3)CC2)ccc1=O)OC(N)=O. The molecule has 2 aromatic rings. The summed E-state index contributed by atoms with van der Waals surface area (Å²) >= 11 is 0. The van der Waals surface area contributed by atoms with Crippen LogP contribution in [-0.2, 0) is 17.5 Å². The van der Waals surface area contributed by atoms with Crippen LogP contribution in [0.4, 0.5) is 23.8 Å². The molecule has 0 aliphatic carbocycles. The molecule has 1 saturated heterocycles. The third-order valence-electron chi connectivity index (χ3n) is 4.97. The number of aromatic nitrogens is 2. The van der Waals surface area contributed by atoms with Crippen LogP contribution in [0.15, 0.2) is 41.5 Å². The van der Waals surface area contributed by atoms with E-state index < -0.39 is 23.9 Å². The third-order valence-corrected chi connectivity index (χ3v) is 4.97. The Balaban J connectivity index is 1.63. The van der Waals surface area contributed by atoms with E-state index in [0.29, 0.717) is 32.0 Å². The van der Waals surface area contributed by atoms with Crippen LogP contribution < -0.4 is 16.2 Å². The Labute approximate surface area is 181 Å². The number of hydrogen-bond donors (Lipinski definition) is 1. The van der Waals surface area contributed by atoms with Gasteiger partial charge < -0.3 is 24.8 Å². The summed E-state index contributed by atoms with van der Waals surface area (Å²) in [7, 11) is 0. The summed E-state index contributed by atoms with van der Waals surface area (Å²) in [4.78, 5) is 43.1. The molecule has 3 rings (SSSR count). The Hall–Kier alpha value is -3.57. The predicted octanol–water partition coefficient (Wildman–Crippen LogP) is 1.71. The van der Waals surface area contributed by atoms with E-state index in [4.69, 9.17) is 10.5 Å². The highest BCUT2D eigenvalue weighted by atomic mass is 19.4. The van der Waals surface area contributed by atoms with Gasteiger partial charge in [0.2, 0.25) is 0 Å². The van der Waals surface area contributed by atoms with E-state index in [2.05, 4.69) is 4.98 Å². The number of amides is 2. The first-order valence-electron chi connectivity index (χ1n) is 9.78. The first-order valence-corrected chi connectivity index (χ1v) is 9.78. The summed E-state index contributed by atoms with van der Waals surface area (Å²) in [6.45, 7) is 3.07. The molecule has 172 valence electrons. The molecule has 32 heavy (non-hydrogen) atoms. The van der Waals surface area contributed by atoms with Crippen LogP contribution >= 0.6 is 0 Å². The number of rotatable bonds is 5. The second-order valence-corrected chi connectivity index (χ2v) is 7.34. The third kappa shape index (κ3) is 5.56. The lowest BCUT2D eigenvalue weighted by molar-refractivity contribution is -0.137. The minimum Gasteiger partial charge on any atom is -0.445 e. The van der Waals surface area contributed by atoms with Gasteiger partial charge in [0, 0.05) is 44.6 Å². The van der Waals surface area contributed by atoms with E-state index in [-0.39, 0.29) is 23.6 Å². The molecule has 12 heteroatoms. The van der Waals surface area contributed by atoms with Gasteiger partial charge in [-0.2, -0.15) is 13.2 Å². The number of anilines is 1. The Kier molecular flexibility index (Phi) is 6.70. The monoisotopic (exact) mass is 453 g/mol. The molecule has 1 unspecified atom stereocenters. The van der Waals surface area contributed by atoms with E-state index in [1.165, 1.54) is 29.0 Å². The fourth-order valence-corrected chi connectivity index (χ4v) is 3.38. The molecule has 2 N–H and O–H groups in total. The molecule has 0 aromatic carbocycles. The summed E-state index contributed by atoms with van der Waals surface area (Å²) in [5.41, 5.74) is 4.08. The zero-order valence-electron chi connectivity index (χ0n) is 17.2. The number of ether oxygens (including phenoxy) is 1. The van der Waals surface area contributed by atoms with Crippen molar-refractivity contribution in [3.05, 3.63) is 58.1 Å². The van der Waals surface area contributed by atoms with Gasteiger partial charge in [0.05, 0.1) is 17.7 Å². The van der Waals surface area contributed by atoms with Gasteiger partial charge in [-0.1, -0.05) is 0 Å². The Morgan fingerprint density at radius 1 is 1.16 bits per heavy atom. The van der Waals surface area contributed by atoms with Crippen LogP contribution in [0.3, 0.4) is 0 Å². The van der Waals surface area contributed by atoms with E-state index >= 15 is 0 Å². The lowest BCUT2D eigenvalue weighted by atomic mass is 10.2. The number of alkyl halides is 3. The Bertz CT molecular complexity index is 1030. The first-order chi connectivity index (χ1) is 15.0. The molecule has 3 heterocycles. The summed E-state index contributed by atoms with van der Waals surface area (Å²) in [5, 5.41) is 0. The van der Waals surface area contributed by atoms with Crippen LogP contribution in [0.5, 0.6) is 0 Å². The van der Waals surface area contributed by atoms with Gasteiger partial charge >= 0.3 is 12.3 Å². The van der Waals surface area contributed by atoms with Crippen molar-refractivity contribution >= 4 is 17.8 Å². The van der Waals surface area contributed by atoms with Crippen molar-refractivity contribution < 1.29 is 27.5 Å². The highest BCUT2D eigenvalue weighted by Crippen LogP contribution is 2.29. The van der Waals surface area contributed by atoms with Crippen molar-refractivity contribution in [2.75, 3.05) is 31.1 Å². The van der Waals surface area contributed by atoms with Crippen molar-refractivity contribution in [1.29, 1.82) is 0 Å². The normalized spacial score (nSPS) is 15.4. The van der Waals surface area contributed by atoms with E-state index in [1.54, 1.807) is 16.7 Å². The summed E-state index contributed by atoms with van der Waals surface area (Å²) in [5.74, 6) is 0.115. The first kappa shape index (κ1) is 23.1. The van der Waals surface area contributed by atoms with Gasteiger partial charge in [-0.25, -0.2) is 9.78 Å². The fraction of sp³-hybridized carbons (Fsp3) is 0.400. The topological polar surface area (TPSA) is 111 Å². The van der Waals surface area contributed by atoms with Crippen molar-refractivity contribution in [3.8, 4) is 0 Å². The minimum absolute atomic E-state index is 0.0380. The molecular weight excluding hydrogens is 431 g/mol. The van der Waals surface area contributed by atoms with Gasteiger partial charge in [-0.15, -0.1) is 0 Å². The van der Waals surface area contributed by atoms with Crippen LogP contribution in [0.2, 0.25) is 0 Å². The molecule has 1 aliphatic rings. The molecular formula is C20H22F3N5O4. The summed E-state index contributed by atoms with van der Waals surface area (Å²) in [6.07, 6.45) is -3.88. The number of nitrogens with zero attached hydrogens (tertiary/aromatic N) is 4. The number of primary amides is 1. The number of hydrogen-bond acceptors (Lipinski definition) is 6. The predicted molar refractivity (Wildman–Crippen MR) is 108 cm³/mol. The molecule has 0 radical (unpaired) electrons. The molecule has 0 bridgehead atoms. The number of carbonyl (C=O) groups is 2. The maximum absolute atomic E-state index is 12.9. The number of halogens is 3. The van der Waals surface area contributed by atoms with E-state index in [9.17, 15) is 27.6 Å². The second kappa shape index (κ2) is 9.28. The van der Waals surface area contributed by atoms with Gasteiger partial charge in [0.15, 0.2) is 0 Å². The van der Waals surface area contributed by atoms with Crippen LogP contribution in [0.1, 0.15) is 22.8 Å². The average Bonchev–Trinajstić information content (AvgIpc) is 2.74. The minimum atomic E-state index is -4.45. The largest absolute Gasteiger partial charge is 0.445 e. The van der Waals surface area contributed by atoms with Crippen molar-refractivity contribution in [3.63, 3.8) is 0 Å². The maximum atomic E-state index is 12.9. The van der Waals surface area contributed by atoms with Crippen molar-refractivity contribution in [2.45, 2.75) is 25.7 Å². The van der Waals surface area contributed by atoms with Crippen molar-refractivity contribution in [1.82, 2.24) is 14.5 Å². The number of piperazine rings is 1. The molecule has 0 spiro atoms. The zero-order valence-corrected chi connectivity index (χ0v) is 17.2. The van der Waals surface area contributed by atoms with Gasteiger partial charge in [0.1, 0.15) is 11.9 Å².